The molecule has 1 aromatic heterocycles. The molecule has 2 fully saturated rings. The van der Waals surface area contributed by atoms with Gasteiger partial charge in [0.25, 0.3) is 5.91 Å². The summed E-state index contributed by atoms with van der Waals surface area (Å²) in [5, 5.41) is 14.2. The van der Waals surface area contributed by atoms with Gasteiger partial charge in [0.15, 0.2) is 11.3 Å². The van der Waals surface area contributed by atoms with Gasteiger partial charge in [0, 0.05) is 30.0 Å². The minimum absolute atomic E-state index is 0.0109. The number of rotatable bonds is 4. The monoisotopic (exact) mass is 488 g/mol. The second-order valence-corrected chi connectivity index (χ2v) is 9.18. The summed E-state index contributed by atoms with van der Waals surface area (Å²) in [7, 11) is 0. The van der Waals surface area contributed by atoms with E-state index < -0.39 is 5.91 Å². The van der Waals surface area contributed by atoms with E-state index in [4.69, 9.17) is 23.1 Å². The Morgan fingerprint density at radius 1 is 1.26 bits per heavy atom. The molecule has 1 saturated carbocycles. The number of benzene rings is 1. The first kappa shape index (κ1) is 22.7. The number of likely N-dealkylation sites (tertiary alicyclic amines) is 1. The van der Waals surface area contributed by atoms with Crippen LogP contribution in [0.4, 0.5) is 0 Å². The first-order valence-electron chi connectivity index (χ1n) is 11.3. The number of carbonyl (C=O) groups is 2. The molecule has 9 nitrogen and oxygen atoms in total. The van der Waals surface area contributed by atoms with E-state index in [-0.39, 0.29) is 28.9 Å². The molecule has 10 heteroatoms. The van der Waals surface area contributed by atoms with Crippen LogP contribution < -0.4 is 11.5 Å². The largest absolute Gasteiger partial charge is 0.365 e. The van der Waals surface area contributed by atoms with Gasteiger partial charge in [0.1, 0.15) is 6.21 Å². The molecule has 1 aromatic carbocycles. The SMILES string of the molecule is C=CC(=O)N1CCC(/C=[N+]2/N=C(C#Cc3cc4nncc(C5CC5)c4cc3Cl)C(C(N)=O)=C2N)C1. The van der Waals surface area contributed by atoms with Crippen LogP contribution >= 0.6 is 11.6 Å². The van der Waals surface area contributed by atoms with Crippen LogP contribution in [0.1, 0.15) is 36.3 Å². The fourth-order valence-electron chi connectivity index (χ4n) is 4.37. The van der Waals surface area contributed by atoms with Gasteiger partial charge in [-0.1, -0.05) is 29.2 Å². The molecule has 1 aliphatic carbocycles. The quantitative estimate of drug-likeness (QED) is 0.384. The van der Waals surface area contributed by atoms with Gasteiger partial charge in [0.05, 0.1) is 16.7 Å². The zero-order valence-corrected chi connectivity index (χ0v) is 19.6. The van der Waals surface area contributed by atoms with Crippen LogP contribution in [0.5, 0.6) is 0 Å². The Morgan fingerprint density at radius 3 is 2.77 bits per heavy atom. The molecule has 5 rings (SSSR count). The van der Waals surface area contributed by atoms with E-state index in [0.29, 0.717) is 35.1 Å². The smallest absolute Gasteiger partial charge is 0.313 e. The standard InChI is InChI=1S/C25H22ClN7O2/c1-2-22(34)32-8-7-14(12-32)13-33-24(27)23(25(28)35)20(31-33)6-5-16-9-21-17(10-19(16)26)18(11-29-30-21)15-3-4-15/h2,9-11,13-15H,1,3-4,7-8,12H2,(H3-,27,28,31,35)/p+1/b33-13+. The number of amides is 2. The van der Waals surface area contributed by atoms with Crippen molar-refractivity contribution in [2.75, 3.05) is 13.1 Å². The highest BCUT2D eigenvalue weighted by Crippen LogP contribution is 2.43. The maximum atomic E-state index is 12.1. The third-order valence-corrected chi connectivity index (χ3v) is 6.66. The van der Waals surface area contributed by atoms with Crippen LogP contribution in [0.2, 0.25) is 5.02 Å². The Morgan fingerprint density at radius 2 is 2.06 bits per heavy atom. The van der Waals surface area contributed by atoms with Crippen LogP contribution in [0.25, 0.3) is 10.9 Å². The molecule has 0 radical (unpaired) electrons. The normalized spacial score (nSPS) is 20.7. The molecule has 2 amide bonds. The molecule has 1 unspecified atom stereocenters. The van der Waals surface area contributed by atoms with E-state index in [1.807, 2.05) is 6.07 Å². The van der Waals surface area contributed by atoms with Crippen molar-refractivity contribution in [2.45, 2.75) is 25.2 Å². The topological polar surface area (TPSA) is 131 Å². The highest BCUT2D eigenvalue weighted by molar-refractivity contribution is 6.33. The average molecular weight is 489 g/mol. The van der Waals surface area contributed by atoms with Gasteiger partial charge >= 0.3 is 5.82 Å². The van der Waals surface area contributed by atoms with Crippen molar-refractivity contribution in [1.29, 1.82) is 0 Å². The number of aromatic nitrogens is 2. The van der Waals surface area contributed by atoms with E-state index in [0.717, 1.165) is 30.2 Å². The summed E-state index contributed by atoms with van der Waals surface area (Å²) in [6.07, 6.45) is 7.88. The lowest BCUT2D eigenvalue weighted by molar-refractivity contribution is -0.477. The molecule has 3 heterocycles. The number of halogens is 1. The lowest BCUT2D eigenvalue weighted by atomic mass is 10.0. The fourth-order valence-corrected chi connectivity index (χ4v) is 4.58. The van der Waals surface area contributed by atoms with Gasteiger partial charge in [-0.25, -0.2) is 0 Å². The van der Waals surface area contributed by atoms with Gasteiger partial charge < -0.3 is 10.6 Å². The number of hydrogen-bond acceptors (Lipinski definition) is 6. The molecule has 0 spiro atoms. The number of nitrogens with zero attached hydrogens (tertiary/aromatic N) is 5. The Labute approximate surface area is 206 Å². The number of carbonyl (C=O) groups excluding carboxylic acids is 2. The number of hydrazone groups is 1. The number of primary amides is 1. The van der Waals surface area contributed by atoms with Crippen molar-refractivity contribution in [3.63, 3.8) is 0 Å². The molecular formula is C25H23ClN7O2+. The van der Waals surface area contributed by atoms with Crippen molar-refractivity contribution in [3.05, 3.63) is 58.5 Å². The molecule has 0 bridgehead atoms. The van der Waals surface area contributed by atoms with E-state index in [1.54, 1.807) is 23.4 Å². The third kappa shape index (κ3) is 4.40. The molecule has 2 aliphatic heterocycles. The Kier molecular flexibility index (Phi) is 5.83. The molecule has 1 saturated heterocycles. The van der Waals surface area contributed by atoms with Crippen molar-refractivity contribution < 1.29 is 14.3 Å². The minimum atomic E-state index is -0.731. The zero-order valence-electron chi connectivity index (χ0n) is 18.9. The average Bonchev–Trinajstić information content (AvgIpc) is 3.49. The summed E-state index contributed by atoms with van der Waals surface area (Å²) in [6.45, 7) is 4.64. The maximum Gasteiger partial charge on any atom is 0.313 e. The Bertz CT molecular complexity index is 1440. The highest BCUT2D eigenvalue weighted by Gasteiger charge is 2.33. The van der Waals surface area contributed by atoms with Gasteiger partial charge in [-0.3, -0.25) is 15.3 Å². The van der Waals surface area contributed by atoms with Crippen molar-refractivity contribution in [3.8, 4) is 11.8 Å². The first-order valence-corrected chi connectivity index (χ1v) is 11.6. The van der Waals surface area contributed by atoms with E-state index >= 15 is 0 Å². The Hall–Kier alpha value is -4.03. The highest BCUT2D eigenvalue weighted by atomic mass is 35.5. The van der Waals surface area contributed by atoms with Crippen LogP contribution in [-0.2, 0) is 9.59 Å². The molecule has 2 aromatic rings. The molecule has 4 N–H and O–H groups in total. The summed E-state index contributed by atoms with van der Waals surface area (Å²) in [5.74, 6) is 5.63. The second-order valence-electron chi connectivity index (χ2n) is 8.78. The number of fused-ring (bicyclic) bond motifs is 1. The van der Waals surface area contributed by atoms with Crippen LogP contribution in [0.15, 0.2) is 47.5 Å². The molecule has 35 heavy (non-hydrogen) atoms. The fraction of sp³-hybridized carbons (Fsp3) is 0.280. The number of nitrogens with two attached hydrogens (primary N) is 2. The zero-order chi connectivity index (χ0) is 24.7. The van der Waals surface area contributed by atoms with Gasteiger partial charge in [-0.05, 0) is 54.9 Å². The summed E-state index contributed by atoms with van der Waals surface area (Å²) < 4.78 is 1.41. The summed E-state index contributed by atoms with van der Waals surface area (Å²) in [4.78, 5) is 25.7. The second kappa shape index (κ2) is 8.96. The van der Waals surface area contributed by atoms with Crippen LogP contribution in [-0.4, -0.2) is 56.6 Å². The van der Waals surface area contributed by atoms with E-state index in [9.17, 15) is 9.59 Å². The predicted molar refractivity (Wildman–Crippen MR) is 132 cm³/mol. The minimum Gasteiger partial charge on any atom is -0.365 e. The van der Waals surface area contributed by atoms with Crippen molar-refractivity contribution in [2.24, 2.45) is 22.5 Å². The lowest BCUT2D eigenvalue weighted by Gasteiger charge is -2.12. The summed E-state index contributed by atoms with van der Waals surface area (Å²) in [6, 6.07) is 3.64. The molecule has 1 atom stereocenters. The van der Waals surface area contributed by atoms with Crippen LogP contribution in [0, 0.1) is 17.8 Å². The maximum absolute atomic E-state index is 12.1. The predicted octanol–water partition coefficient (Wildman–Crippen LogP) is 1.66. The van der Waals surface area contributed by atoms with Gasteiger partial charge in [-0.2, -0.15) is 10.2 Å². The molecule has 176 valence electrons. The van der Waals surface area contributed by atoms with Gasteiger partial charge in [0.2, 0.25) is 5.91 Å². The summed E-state index contributed by atoms with van der Waals surface area (Å²) >= 11 is 6.53. The lowest BCUT2D eigenvalue weighted by Crippen LogP contribution is -2.27. The summed E-state index contributed by atoms with van der Waals surface area (Å²) in [5.41, 5.74) is 14.3. The van der Waals surface area contributed by atoms with E-state index in [2.05, 4.69) is 33.7 Å². The number of hydrogen-bond donors (Lipinski definition) is 2. The Balaban J connectivity index is 1.46. The molecular weight excluding hydrogens is 466 g/mol. The van der Waals surface area contributed by atoms with Crippen molar-refractivity contribution in [1.82, 2.24) is 15.1 Å². The molecule has 3 aliphatic rings. The third-order valence-electron chi connectivity index (χ3n) is 6.35. The van der Waals surface area contributed by atoms with Crippen LogP contribution in [0.3, 0.4) is 0 Å². The van der Waals surface area contributed by atoms with Gasteiger partial charge in [-0.15, -0.1) is 4.68 Å². The van der Waals surface area contributed by atoms with Crippen molar-refractivity contribution >= 4 is 46.2 Å². The first-order chi connectivity index (χ1) is 16.9. The van der Waals surface area contributed by atoms with E-state index in [1.165, 1.54) is 10.8 Å².